The van der Waals surface area contributed by atoms with Crippen molar-refractivity contribution < 1.29 is 18.3 Å². The number of nitrogens with zero attached hydrogens (tertiary/aromatic N) is 3. The van der Waals surface area contributed by atoms with E-state index in [0.29, 0.717) is 18.8 Å². The third-order valence-corrected chi connectivity index (χ3v) is 5.46. The first-order valence-electron chi connectivity index (χ1n) is 10.1. The lowest BCUT2D eigenvalue weighted by molar-refractivity contribution is 0.102. The number of likely N-dealkylation sites (tertiary alicyclic amines) is 1. The molecule has 1 aliphatic heterocycles. The third kappa shape index (κ3) is 5.15. The highest BCUT2D eigenvalue weighted by molar-refractivity contribution is 6.04. The molecule has 0 saturated carbocycles. The zero-order chi connectivity index (χ0) is 21.8. The van der Waals surface area contributed by atoms with Crippen LogP contribution in [0, 0.1) is 11.6 Å². The summed E-state index contributed by atoms with van der Waals surface area (Å²) in [4.78, 5) is 14.6. The SMILES string of the molecule is COC[C@@H]1C[C@H](n2cc(NC(=O)c3cccc(F)c3)cn2)CN1Cc1cccc(F)c1. The molecule has 2 atom stereocenters. The number of hydrogen-bond acceptors (Lipinski definition) is 4. The molecule has 1 amide bonds. The summed E-state index contributed by atoms with van der Waals surface area (Å²) in [5.41, 5.74) is 1.70. The molecule has 162 valence electrons. The molecule has 0 aliphatic carbocycles. The quantitative estimate of drug-likeness (QED) is 0.623. The molecule has 0 bridgehead atoms. The van der Waals surface area contributed by atoms with Gasteiger partial charge in [0.15, 0.2) is 0 Å². The highest BCUT2D eigenvalue weighted by Gasteiger charge is 2.33. The van der Waals surface area contributed by atoms with Gasteiger partial charge in [0, 0.05) is 38.0 Å². The maximum Gasteiger partial charge on any atom is 0.255 e. The smallest absolute Gasteiger partial charge is 0.255 e. The van der Waals surface area contributed by atoms with Gasteiger partial charge in [0.05, 0.1) is 24.5 Å². The minimum absolute atomic E-state index is 0.0912. The summed E-state index contributed by atoms with van der Waals surface area (Å²) in [6.45, 7) is 1.91. The van der Waals surface area contributed by atoms with E-state index in [9.17, 15) is 13.6 Å². The summed E-state index contributed by atoms with van der Waals surface area (Å²) < 4.78 is 34.1. The number of nitrogens with one attached hydrogen (secondary N) is 1. The van der Waals surface area contributed by atoms with Crippen molar-refractivity contribution in [2.45, 2.75) is 25.0 Å². The Labute approximate surface area is 179 Å². The molecule has 2 heterocycles. The van der Waals surface area contributed by atoms with Crippen LogP contribution in [-0.2, 0) is 11.3 Å². The van der Waals surface area contributed by atoms with Gasteiger partial charge in [0.25, 0.3) is 5.91 Å². The number of ether oxygens (including phenoxy) is 1. The van der Waals surface area contributed by atoms with Crippen molar-refractivity contribution in [2.24, 2.45) is 0 Å². The first-order chi connectivity index (χ1) is 15.0. The van der Waals surface area contributed by atoms with Crippen molar-refractivity contribution in [3.63, 3.8) is 0 Å². The van der Waals surface area contributed by atoms with Gasteiger partial charge in [-0.15, -0.1) is 0 Å². The average Bonchev–Trinajstić information content (AvgIpc) is 3.36. The topological polar surface area (TPSA) is 59.4 Å². The maximum atomic E-state index is 13.6. The van der Waals surface area contributed by atoms with Crippen LogP contribution in [0.25, 0.3) is 0 Å². The Balaban J connectivity index is 1.43. The van der Waals surface area contributed by atoms with Crippen molar-refractivity contribution in [1.82, 2.24) is 14.7 Å². The number of carbonyl (C=O) groups is 1. The van der Waals surface area contributed by atoms with Gasteiger partial charge in [-0.25, -0.2) is 8.78 Å². The summed E-state index contributed by atoms with van der Waals surface area (Å²) in [5, 5.41) is 7.17. The van der Waals surface area contributed by atoms with Crippen LogP contribution in [0.3, 0.4) is 0 Å². The largest absolute Gasteiger partial charge is 0.383 e. The van der Waals surface area contributed by atoms with Gasteiger partial charge >= 0.3 is 0 Å². The molecule has 4 rings (SSSR count). The monoisotopic (exact) mass is 426 g/mol. The van der Waals surface area contributed by atoms with Crippen molar-refractivity contribution >= 4 is 11.6 Å². The normalized spacial score (nSPS) is 18.9. The molecule has 2 aromatic carbocycles. The van der Waals surface area contributed by atoms with E-state index in [2.05, 4.69) is 15.3 Å². The fourth-order valence-electron chi connectivity index (χ4n) is 4.01. The van der Waals surface area contributed by atoms with E-state index in [-0.39, 0.29) is 23.5 Å². The lowest BCUT2D eigenvalue weighted by Crippen LogP contribution is -2.32. The molecule has 3 aromatic rings. The van der Waals surface area contributed by atoms with E-state index >= 15 is 0 Å². The minimum Gasteiger partial charge on any atom is -0.383 e. The fraction of sp³-hybridized carbons (Fsp3) is 0.304. The van der Waals surface area contributed by atoms with Crippen molar-refractivity contribution in [2.75, 3.05) is 25.6 Å². The highest BCUT2D eigenvalue weighted by Crippen LogP contribution is 2.29. The molecule has 6 nitrogen and oxygen atoms in total. The van der Waals surface area contributed by atoms with E-state index in [4.69, 9.17) is 4.74 Å². The molecule has 1 aromatic heterocycles. The molecule has 1 N–H and O–H groups in total. The van der Waals surface area contributed by atoms with Crippen molar-refractivity contribution in [1.29, 1.82) is 0 Å². The van der Waals surface area contributed by atoms with Crippen LogP contribution >= 0.6 is 0 Å². The second-order valence-electron chi connectivity index (χ2n) is 7.73. The van der Waals surface area contributed by atoms with Gasteiger partial charge in [-0.1, -0.05) is 18.2 Å². The first kappa shape index (κ1) is 21.1. The lowest BCUT2D eigenvalue weighted by Gasteiger charge is -2.23. The molecule has 31 heavy (non-hydrogen) atoms. The van der Waals surface area contributed by atoms with Crippen molar-refractivity contribution in [3.05, 3.63) is 83.7 Å². The second kappa shape index (κ2) is 9.36. The van der Waals surface area contributed by atoms with E-state index in [0.717, 1.165) is 18.5 Å². The third-order valence-electron chi connectivity index (χ3n) is 5.46. The number of rotatable bonds is 7. The number of hydrogen-bond donors (Lipinski definition) is 1. The number of halogens is 2. The lowest BCUT2D eigenvalue weighted by atomic mass is 10.1. The standard InChI is InChI=1S/C23H24F2N4O2/c1-31-15-22-10-21(14-28(22)12-16-4-2-6-18(24)8-16)29-13-20(11-26-29)27-23(30)17-5-3-7-19(25)9-17/h2-9,11,13,21-22H,10,12,14-15H2,1H3,(H,27,30)/t21-,22-/m0/s1. The highest BCUT2D eigenvalue weighted by atomic mass is 19.1. The van der Waals surface area contributed by atoms with Gasteiger partial charge < -0.3 is 10.1 Å². The molecule has 1 saturated heterocycles. The van der Waals surface area contributed by atoms with Crippen LogP contribution in [-0.4, -0.2) is 46.9 Å². The molecular formula is C23H24F2N4O2. The predicted molar refractivity (Wildman–Crippen MR) is 113 cm³/mol. The van der Waals surface area contributed by atoms with Gasteiger partial charge in [-0.05, 0) is 42.3 Å². The Hall–Kier alpha value is -3.10. The first-order valence-corrected chi connectivity index (χ1v) is 10.1. The van der Waals surface area contributed by atoms with E-state index in [1.807, 2.05) is 10.7 Å². The predicted octanol–water partition coefficient (Wildman–Crippen LogP) is 3.88. The minimum atomic E-state index is -0.461. The Morgan fingerprint density at radius 3 is 2.71 bits per heavy atom. The Morgan fingerprint density at radius 1 is 1.19 bits per heavy atom. The molecule has 1 fully saturated rings. The van der Waals surface area contributed by atoms with Crippen LogP contribution in [0.4, 0.5) is 14.5 Å². The van der Waals surface area contributed by atoms with E-state index < -0.39 is 11.7 Å². The summed E-state index contributed by atoms with van der Waals surface area (Å²) in [6, 6.07) is 12.4. The average molecular weight is 426 g/mol. The second-order valence-corrected chi connectivity index (χ2v) is 7.73. The fourth-order valence-corrected chi connectivity index (χ4v) is 4.01. The number of methoxy groups -OCH3 is 1. The maximum absolute atomic E-state index is 13.6. The number of anilines is 1. The molecule has 0 radical (unpaired) electrons. The summed E-state index contributed by atoms with van der Waals surface area (Å²) in [6.07, 6.45) is 4.18. The number of benzene rings is 2. The molecule has 8 heteroatoms. The van der Waals surface area contributed by atoms with Gasteiger partial charge in [-0.2, -0.15) is 5.10 Å². The van der Waals surface area contributed by atoms with E-state index in [1.165, 1.54) is 24.3 Å². The van der Waals surface area contributed by atoms with Crippen molar-refractivity contribution in [3.8, 4) is 0 Å². The summed E-state index contributed by atoms with van der Waals surface area (Å²) in [7, 11) is 1.67. The van der Waals surface area contributed by atoms with Crippen LogP contribution in [0.5, 0.6) is 0 Å². The number of amides is 1. The molecule has 0 unspecified atom stereocenters. The van der Waals surface area contributed by atoms with Gasteiger partial charge in [-0.3, -0.25) is 14.4 Å². The van der Waals surface area contributed by atoms with E-state index in [1.54, 1.807) is 37.7 Å². The Kier molecular flexibility index (Phi) is 6.39. The van der Waals surface area contributed by atoms with Gasteiger partial charge in [0.2, 0.25) is 0 Å². The van der Waals surface area contributed by atoms with Crippen LogP contribution < -0.4 is 5.32 Å². The van der Waals surface area contributed by atoms with Crippen LogP contribution in [0.2, 0.25) is 0 Å². The zero-order valence-electron chi connectivity index (χ0n) is 17.2. The van der Waals surface area contributed by atoms with Crippen LogP contribution in [0.1, 0.15) is 28.4 Å². The molecule has 0 spiro atoms. The number of aromatic nitrogens is 2. The Bertz CT molecular complexity index is 1060. The number of carbonyl (C=O) groups excluding carboxylic acids is 1. The zero-order valence-corrected chi connectivity index (χ0v) is 17.2. The molecular weight excluding hydrogens is 402 g/mol. The van der Waals surface area contributed by atoms with Gasteiger partial charge in [0.1, 0.15) is 11.6 Å². The summed E-state index contributed by atoms with van der Waals surface area (Å²) in [5.74, 6) is -1.10. The Morgan fingerprint density at radius 2 is 1.97 bits per heavy atom. The molecule has 1 aliphatic rings. The van der Waals surface area contributed by atoms with Crippen LogP contribution in [0.15, 0.2) is 60.9 Å². The summed E-state index contributed by atoms with van der Waals surface area (Å²) >= 11 is 0.